The molecule has 1 N–H and O–H groups in total. The molecular formula is C11H23NO2. The molecule has 0 aliphatic rings. The lowest BCUT2D eigenvalue weighted by Crippen LogP contribution is -2.48. The van der Waals surface area contributed by atoms with E-state index in [4.69, 9.17) is 5.11 Å². The summed E-state index contributed by atoms with van der Waals surface area (Å²) < 4.78 is 0. The highest BCUT2D eigenvalue weighted by Gasteiger charge is 2.27. The molecule has 3 nitrogen and oxygen atoms in total. The largest absolute Gasteiger partial charge is 0.395 e. The van der Waals surface area contributed by atoms with E-state index in [0.717, 1.165) is 12.8 Å². The fraction of sp³-hybridized carbons (Fsp3) is 0.909. The van der Waals surface area contributed by atoms with Gasteiger partial charge in [-0.2, -0.15) is 0 Å². The molecule has 3 heteroatoms. The second kappa shape index (κ2) is 6.02. The Labute approximate surface area is 87.1 Å². The highest BCUT2D eigenvalue weighted by molar-refractivity contribution is 5.76. The second-order valence-corrected chi connectivity index (χ2v) is 4.18. The molecule has 1 amide bonds. The topological polar surface area (TPSA) is 40.5 Å². The number of rotatable bonds is 6. The van der Waals surface area contributed by atoms with Crippen LogP contribution in [0.15, 0.2) is 0 Å². The SMILES string of the molecule is CCCC(=O)N(CCO)C(C)(C)CC. The molecule has 0 aliphatic heterocycles. The monoisotopic (exact) mass is 201 g/mol. The maximum atomic E-state index is 11.8. The minimum atomic E-state index is -0.144. The zero-order valence-electron chi connectivity index (χ0n) is 9.84. The molecule has 0 saturated carbocycles. The van der Waals surface area contributed by atoms with Gasteiger partial charge in [0.05, 0.1) is 6.61 Å². The molecule has 0 spiro atoms. The summed E-state index contributed by atoms with van der Waals surface area (Å²) >= 11 is 0. The van der Waals surface area contributed by atoms with Gasteiger partial charge in [0.25, 0.3) is 0 Å². The minimum Gasteiger partial charge on any atom is -0.395 e. The summed E-state index contributed by atoms with van der Waals surface area (Å²) in [6, 6.07) is 0. The lowest BCUT2D eigenvalue weighted by molar-refractivity contribution is -0.137. The number of hydrogen-bond donors (Lipinski definition) is 1. The van der Waals surface area contributed by atoms with Gasteiger partial charge < -0.3 is 10.0 Å². The third-order valence-corrected chi connectivity index (χ3v) is 2.68. The Morgan fingerprint density at radius 3 is 2.29 bits per heavy atom. The van der Waals surface area contributed by atoms with Crippen LogP contribution in [0.5, 0.6) is 0 Å². The molecule has 0 heterocycles. The van der Waals surface area contributed by atoms with Crippen molar-refractivity contribution in [3.63, 3.8) is 0 Å². The van der Waals surface area contributed by atoms with Crippen LogP contribution in [0.1, 0.15) is 47.0 Å². The van der Waals surface area contributed by atoms with Crippen LogP contribution in [0.3, 0.4) is 0 Å². The average molecular weight is 201 g/mol. The average Bonchev–Trinajstić information content (AvgIpc) is 2.14. The summed E-state index contributed by atoms with van der Waals surface area (Å²) in [5.41, 5.74) is -0.144. The van der Waals surface area contributed by atoms with E-state index in [1.807, 2.05) is 20.8 Å². The summed E-state index contributed by atoms with van der Waals surface area (Å²) in [6.07, 6.45) is 2.34. The van der Waals surface area contributed by atoms with Crippen molar-refractivity contribution in [3.05, 3.63) is 0 Å². The molecule has 0 aliphatic carbocycles. The van der Waals surface area contributed by atoms with Crippen molar-refractivity contribution < 1.29 is 9.90 Å². The van der Waals surface area contributed by atoms with Gasteiger partial charge in [-0.15, -0.1) is 0 Å². The van der Waals surface area contributed by atoms with Gasteiger partial charge in [0.1, 0.15) is 0 Å². The van der Waals surface area contributed by atoms with Crippen molar-refractivity contribution in [1.29, 1.82) is 0 Å². The van der Waals surface area contributed by atoms with Crippen molar-refractivity contribution in [2.24, 2.45) is 0 Å². The van der Waals surface area contributed by atoms with Gasteiger partial charge in [0.15, 0.2) is 0 Å². The number of carbonyl (C=O) groups is 1. The molecule has 84 valence electrons. The van der Waals surface area contributed by atoms with Gasteiger partial charge in [0.2, 0.25) is 5.91 Å². The molecule has 0 saturated heterocycles. The summed E-state index contributed by atoms with van der Waals surface area (Å²) in [6.45, 7) is 8.61. The van der Waals surface area contributed by atoms with Crippen molar-refractivity contribution in [3.8, 4) is 0 Å². The van der Waals surface area contributed by atoms with Gasteiger partial charge in [0, 0.05) is 18.5 Å². The van der Waals surface area contributed by atoms with Crippen LogP contribution < -0.4 is 0 Å². The van der Waals surface area contributed by atoms with Gasteiger partial charge in [-0.05, 0) is 26.7 Å². The molecular weight excluding hydrogens is 178 g/mol. The smallest absolute Gasteiger partial charge is 0.223 e. The predicted molar refractivity (Wildman–Crippen MR) is 58.1 cm³/mol. The lowest BCUT2D eigenvalue weighted by atomic mass is 9.98. The summed E-state index contributed by atoms with van der Waals surface area (Å²) in [7, 11) is 0. The van der Waals surface area contributed by atoms with E-state index in [-0.39, 0.29) is 18.1 Å². The molecule has 0 radical (unpaired) electrons. The first kappa shape index (κ1) is 13.4. The minimum absolute atomic E-state index is 0.0406. The lowest BCUT2D eigenvalue weighted by Gasteiger charge is -2.37. The number of carbonyl (C=O) groups excluding carboxylic acids is 1. The van der Waals surface area contributed by atoms with E-state index in [2.05, 4.69) is 6.92 Å². The number of β-amino-alcohol motifs (C(OH)–C–C–N with tert-alkyl or cyclic N) is 1. The van der Waals surface area contributed by atoms with Crippen LogP contribution in [0.4, 0.5) is 0 Å². The maximum absolute atomic E-state index is 11.8. The first-order valence-corrected chi connectivity index (χ1v) is 5.41. The number of aliphatic hydroxyl groups is 1. The normalized spacial score (nSPS) is 11.5. The Bertz CT molecular complexity index is 178. The Morgan fingerprint density at radius 2 is 1.93 bits per heavy atom. The molecule has 0 aromatic heterocycles. The first-order valence-electron chi connectivity index (χ1n) is 5.41. The number of amides is 1. The second-order valence-electron chi connectivity index (χ2n) is 4.18. The van der Waals surface area contributed by atoms with Crippen LogP contribution in [-0.4, -0.2) is 34.6 Å². The molecule has 0 aromatic carbocycles. The molecule has 0 unspecified atom stereocenters. The molecule has 14 heavy (non-hydrogen) atoms. The molecule has 0 rings (SSSR count). The summed E-state index contributed by atoms with van der Waals surface area (Å²) in [5, 5.41) is 8.92. The van der Waals surface area contributed by atoms with Crippen LogP contribution >= 0.6 is 0 Å². The Morgan fingerprint density at radius 1 is 1.36 bits per heavy atom. The summed E-state index contributed by atoms with van der Waals surface area (Å²) in [4.78, 5) is 13.5. The maximum Gasteiger partial charge on any atom is 0.223 e. The third-order valence-electron chi connectivity index (χ3n) is 2.68. The molecule has 0 bridgehead atoms. The number of nitrogens with zero attached hydrogens (tertiary/aromatic N) is 1. The number of aliphatic hydroxyl groups excluding tert-OH is 1. The standard InChI is InChI=1S/C11H23NO2/c1-5-7-10(14)12(8-9-13)11(3,4)6-2/h13H,5-9H2,1-4H3. The van der Waals surface area contributed by atoms with Gasteiger partial charge in [-0.25, -0.2) is 0 Å². The third kappa shape index (κ3) is 3.66. The Hall–Kier alpha value is -0.570. The van der Waals surface area contributed by atoms with Crippen LogP contribution in [0.2, 0.25) is 0 Å². The Balaban J connectivity index is 4.49. The van der Waals surface area contributed by atoms with Gasteiger partial charge >= 0.3 is 0 Å². The van der Waals surface area contributed by atoms with Crippen molar-refractivity contribution >= 4 is 5.91 Å². The first-order chi connectivity index (χ1) is 6.49. The van der Waals surface area contributed by atoms with Crippen LogP contribution in [-0.2, 0) is 4.79 Å². The van der Waals surface area contributed by atoms with E-state index in [9.17, 15) is 4.79 Å². The molecule has 0 aromatic rings. The van der Waals surface area contributed by atoms with Crippen LogP contribution in [0, 0.1) is 0 Å². The van der Waals surface area contributed by atoms with Crippen molar-refractivity contribution in [1.82, 2.24) is 4.90 Å². The van der Waals surface area contributed by atoms with Gasteiger partial charge in [-0.3, -0.25) is 4.79 Å². The van der Waals surface area contributed by atoms with Crippen molar-refractivity contribution in [2.75, 3.05) is 13.2 Å². The van der Waals surface area contributed by atoms with E-state index in [0.29, 0.717) is 13.0 Å². The fourth-order valence-corrected chi connectivity index (χ4v) is 1.40. The van der Waals surface area contributed by atoms with Crippen LogP contribution in [0.25, 0.3) is 0 Å². The van der Waals surface area contributed by atoms with Gasteiger partial charge in [-0.1, -0.05) is 13.8 Å². The zero-order chi connectivity index (χ0) is 11.2. The Kier molecular flexibility index (Phi) is 5.77. The summed E-state index contributed by atoms with van der Waals surface area (Å²) in [5.74, 6) is 0.147. The quantitative estimate of drug-likeness (QED) is 0.712. The predicted octanol–water partition coefficient (Wildman–Crippen LogP) is 1.80. The van der Waals surface area contributed by atoms with Crippen molar-refractivity contribution in [2.45, 2.75) is 52.5 Å². The zero-order valence-corrected chi connectivity index (χ0v) is 9.84. The highest BCUT2D eigenvalue weighted by Crippen LogP contribution is 2.19. The molecule has 0 atom stereocenters. The number of hydrogen-bond acceptors (Lipinski definition) is 2. The van der Waals surface area contributed by atoms with E-state index in [1.54, 1.807) is 4.90 Å². The fourth-order valence-electron chi connectivity index (χ4n) is 1.40. The van der Waals surface area contributed by atoms with E-state index >= 15 is 0 Å². The van der Waals surface area contributed by atoms with E-state index < -0.39 is 0 Å². The highest BCUT2D eigenvalue weighted by atomic mass is 16.3. The molecule has 0 fully saturated rings. The van der Waals surface area contributed by atoms with E-state index in [1.165, 1.54) is 0 Å².